The van der Waals surface area contributed by atoms with Gasteiger partial charge in [0.15, 0.2) is 0 Å². The topological polar surface area (TPSA) is 78.7 Å². The van der Waals surface area contributed by atoms with Crippen LogP contribution in [0.5, 0.6) is 0 Å². The molecule has 6 aromatic carbocycles. The number of nitroso groups, excluding NO2 is 2. The number of hydrogen-bond donors (Lipinski definition) is 0. The summed E-state index contributed by atoms with van der Waals surface area (Å²) in [4.78, 5) is 14.5. The molecule has 9 heteroatoms. The fraction of sp³-hybridized carbons (Fsp3) is 0.294. The molecular weight excluding hydrogens is 1170 g/mol. The summed E-state index contributed by atoms with van der Waals surface area (Å²) in [6, 6.07) is 56.2. The van der Waals surface area contributed by atoms with Crippen LogP contribution in [-0.4, -0.2) is 34.9 Å². The third-order valence-corrected chi connectivity index (χ3v) is 22.2. The zero-order valence-corrected chi connectivity index (χ0v) is 46.2. The minimum absolute atomic E-state index is 0.465. The molecule has 0 amide bonds. The smallest absolute Gasteiger partial charge is 0.423 e. The van der Waals surface area contributed by atoms with Crippen molar-refractivity contribution in [2.75, 3.05) is 0 Å². The minimum Gasteiger partial charge on any atom is -0.577 e. The zero-order valence-electron chi connectivity index (χ0n) is 36.5. The Balaban J connectivity index is 0.000000362. The van der Waals surface area contributed by atoms with E-state index in [0.29, 0.717) is 17.8 Å². The van der Waals surface area contributed by atoms with E-state index in [-0.39, 0.29) is 0 Å². The second kappa shape index (κ2) is 29.6. The average Bonchev–Trinajstić information content (AvgIpc) is 3.29. The molecule has 0 fully saturated rings. The summed E-state index contributed by atoms with van der Waals surface area (Å²) >= 11 is -0.927. The molecule has 318 valence electrons. The van der Waals surface area contributed by atoms with Gasteiger partial charge in [0.25, 0.3) is 0 Å². The van der Waals surface area contributed by atoms with Gasteiger partial charge in [-0.1, -0.05) is 0 Å². The van der Waals surface area contributed by atoms with Crippen LogP contribution in [0.1, 0.15) is 113 Å². The summed E-state index contributed by atoms with van der Waals surface area (Å²) in [5.74, 6) is 1.74. The van der Waals surface area contributed by atoms with Crippen molar-refractivity contribution in [1.29, 1.82) is 0 Å². The molecule has 0 radical (unpaired) electrons. The van der Waals surface area contributed by atoms with E-state index < -0.39 is 50.3 Å². The molecule has 4 nitrogen and oxygen atoms in total. The summed E-state index contributed by atoms with van der Waals surface area (Å²) in [6.07, 6.45) is 3.29. The van der Waals surface area contributed by atoms with Gasteiger partial charge in [-0.25, -0.2) is 0 Å². The van der Waals surface area contributed by atoms with Gasteiger partial charge in [0.2, 0.25) is 0 Å². The molecule has 0 saturated heterocycles. The summed E-state index contributed by atoms with van der Waals surface area (Å²) in [7, 11) is 5.08. The number of benzene rings is 6. The molecule has 0 aromatic heterocycles. The molecule has 0 saturated carbocycles. The van der Waals surface area contributed by atoms with Gasteiger partial charge < -0.3 is 21.0 Å². The van der Waals surface area contributed by atoms with Crippen LogP contribution >= 0.6 is 22.7 Å². The van der Waals surface area contributed by atoms with Crippen LogP contribution in [0.4, 0.5) is 0 Å². The van der Waals surface area contributed by atoms with Crippen LogP contribution in [0.15, 0.2) is 146 Å². The number of hydrogen-bond acceptors (Lipinski definition) is 2. The van der Waals surface area contributed by atoms with E-state index in [2.05, 4.69) is 221 Å². The molecule has 0 spiro atoms. The van der Waals surface area contributed by atoms with E-state index in [1.165, 1.54) is 46.4 Å². The largest absolute Gasteiger partial charge is 0.577 e. The Morgan fingerprint density at radius 1 is 0.483 bits per heavy atom. The van der Waals surface area contributed by atoms with Crippen LogP contribution in [-0.2, 0) is 34.7 Å². The zero-order chi connectivity index (χ0) is 44.6. The summed E-state index contributed by atoms with van der Waals surface area (Å²) in [6.45, 7) is 20.3. The second-order valence-corrected chi connectivity index (χ2v) is 33.4. The molecule has 0 aliphatic heterocycles. The van der Waals surface area contributed by atoms with Crippen molar-refractivity contribution in [3.05, 3.63) is 200 Å². The van der Waals surface area contributed by atoms with E-state index in [1.807, 2.05) is 0 Å². The molecule has 6 aromatic rings. The maximum Gasteiger partial charge on any atom is -0.423 e. The SMILES string of the molecule is CC(C)c1cc[c]([Sb]([c]2ccc(C(C)C)cc2)[c]2ccc(C(C)C)cc2)cc1.CCc1cccc([As](c2cccc(CC)c2)c2cccc(CC)c2)c1.[Cl][W][Br].[N-]=O.[N-]=O. The number of rotatable bonds is 12. The number of nitrogens with zero attached hydrogens (tertiary/aromatic N) is 2. The maximum absolute atomic E-state index is 7.25. The van der Waals surface area contributed by atoms with Gasteiger partial charge in [-0.2, -0.15) is 0 Å². The average molecular weight is 1230 g/mol. The number of aryl methyl sites for hydroxylation is 3. The quantitative estimate of drug-likeness (QED) is 0.114. The molecule has 0 heterocycles. The second-order valence-electron chi connectivity index (χ2n) is 15.0. The van der Waals surface area contributed by atoms with Crippen molar-refractivity contribution < 1.29 is 15.5 Å². The molecule has 0 unspecified atom stereocenters. The predicted octanol–water partition coefficient (Wildman–Crippen LogP) is 11.6. The van der Waals surface area contributed by atoms with Crippen LogP contribution in [0.3, 0.4) is 0 Å². The third kappa shape index (κ3) is 16.6. The first-order valence-electron chi connectivity index (χ1n) is 20.5. The van der Waals surface area contributed by atoms with Crippen molar-refractivity contribution in [3.8, 4) is 0 Å². The first kappa shape index (κ1) is 53.5. The molecule has 6 rings (SSSR count). The van der Waals surface area contributed by atoms with Crippen molar-refractivity contribution in [3.63, 3.8) is 0 Å². The van der Waals surface area contributed by atoms with E-state index in [1.54, 1.807) is 10.5 Å². The maximum atomic E-state index is 7.25. The molecular formula is C51H60AsBrClN2O2SbW-2. The molecule has 0 aliphatic carbocycles. The van der Waals surface area contributed by atoms with Crippen LogP contribution in [0.25, 0.3) is 11.2 Å². The van der Waals surface area contributed by atoms with Gasteiger partial charge in [0.05, 0.1) is 0 Å². The van der Waals surface area contributed by atoms with E-state index in [0.717, 1.165) is 19.3 Å². The van der Waals surface area contributed by atoms with E-state index in [9.17, 15) is 0 Å². The van der Waals surface area contributed by atoms with Gasteiger partial charge >= 0.3 is 375 Å². The fourth-order valence-corrected chi connectivity index (χ4v) is 18.3. The first-order chi connectivity index (χ1) is 29.0. The Morgan fingerprint density at radius 2 is 0.717 bits per heavy atom. The third-order valence-electron chi connectivity index (χ3n) is 10.2. The Bertz CT molecular complexity index is 1860. The predicted molar refractivity (Wildman–Crippen MR) is 267 cm³/mol. The monoisotopic (exact) mass is 1230 g/mol. The Hall–Kier alpha value is -2.65. The van der Waals surface area contributed by atoms with Crippen molar-refractivity contribution in [2.24, 2.45) is 0 Å². The van der Waals surface area contributed by atoms with Gasteiger partial charge in [-0.15, -0.1) is 0 Å². The molecule has 0 N–H and O–H groups in total. The van der Waals surface area contributed by atoms with Crippen molar-refractivity contribution in [2.45, 2.75) is 99.3 Å². The normalized spacial score (nSPS) is 10.5. The van der Waals surface area contributed by atoms with Crippen LogP contribution < -0.4 is 23.6 Å². The Labute approximate surface area is 392 Å². The molecule has 0 aliphatic rings. The Kier molecular flexibility index (Phi) is 26.4. The molecule has 0 atom stereocenters. The summed E-state index contributed by atoms with van der Waals surface area (Å²) in [5.41, 5.74) is 20.1. The van der Waals surface area contributed by atoms with Crippen molar-refractivity contribution >= 4 is 81.2 Å². The first-order valence-corrected chi connectivity index (χ1v) is 37.1. The minimum atomic E-state index is -2.02. The summed E-state index contributed by atoms with van der Waals surface area (Å²) < 4.78 is 9.24. The number of halogens is 2. The van der Waals surface area contributed by atoms with Gasteiger partial charge in [-0.05, 0) is 0 Å². The van der Waals surface area contributed by atoms with E-state index in [4.69, 9.17) is 30.4 Å². The fourth-order valence-electron chi connectivity index (χ4n) is 6.67. The van der Waals surface area contributed by atoms with Crippen LogP contribution in [0, 0.1) is 9.81 Å². The standard InChI is InChI=1S/C24H27As.3C9H11.BrH.ClH.2NO.Sb.W/c1-4-19-10-7-13-22(16-19)25(23-14-8-11-20(5-2)17-23)24-15-9-12-21(6-3)18-24;3*1-8(2)9-6-4-3-5-7-9;;;2*1-2;;/h7-18H,4-6H2,1-3H3;3*4-8H,1-2H3;2*1H;;;;/q;;;;;;2*-1;;+2/p-2. The Morgan fingerprint density at radius 3 is 0.917 bits per heavy atom. The summed E-state index contributed by atoms with van der Waals surface area (Å²) in [5, 5.41) is 0. The van der Waals surface area contributed by atoms with Crippen LogP contribution in [0.2, 0.25) is 0 Å². The van der Waals surface area contributed by atoms with Gasteiger partial charge in [0, 0.05) is 0 Å². The molecule has 0 bridgehead atoms. The van der Waals surface area contributed by atoms with E-state index >= 15 is 0 Å². The van der Waals surface area contributed by atoms with Gasteiger partial charge in [-0.3, -0.25) is 0 Å². The van der Waals surface area contributed by atoms with Gasteiger partial charge in [0.1, 0.15) is 0 Å². The molecule has 60 heavy (non-hydrogen) atoms. The van der Waals surface area contributed by atoms with Crippen molar-refractivity contribution in [1.82, 2.24) is 0 Å².